The van der Waals surface area contributed by atoms with E-state index in [-0.39, 0.29) is 5.91 Å². The number of nitrogens with one attached hydrogen (secondary N) is 2. The predicted octanol–water partition coefficient (Wildman–Crippen LogP) is 2.56. The van der Waals surface area contributed by atoms with Gasteiger partial charge in [0.15, 0.2) is 0 Å². The second-order valence-electron chi connectivity index (χ2n) is 6.36. The van der Waals surface area contributed by atoms with Crippen LogP contribution in [0.1, 0.15) is 30.9 Å². The van der Waals surface area contributed by atoms with Crippen LogP contribution in [0.2, 0.25) is 0 Å². The number of carbonyl (C=O) groups is 1. The van der Waals surface area contributed by atoms with E-state index in [9.17, 15) is 4.79 Å². The lowest BCUT2D eigenvalue weighted by molar-refractivity contribution is -0.117. The summed E-state index contributed by atoms with van der Waals surface area (Å²) in [6.07, 6.45) is 2.51. The van der Waals surface area contributed by atoms with E-state index in [1.807, 2.05) is 32.0 Å². The second-order valence-corrected chi connectivity index (χ2v) is 6.36. The van der Waals surface area contributed by atoms with Crippen molar-refractivity contribution in [3.63, 3.8) is 0 Å². The van der Waals surface area contributed by atoms with Crippen molar-refractivity contribution in [1.82, 2.24) is 10.2 Å². The van der Waals surface area contributed by atoms with Crippen LogP contribution in [0.4, 0.5) is 5.69 Å². The Morgan fingerprint density at radius 3 is 2.68 bits per heavy atom. The van der Waals surface area contributed by atoms with Crippen LogP contribution in [-0.4, -0.2) is 43.5 Å². The first kappa shape index (κ1) is 17.0. The number of nitrogens with zero attached hydrogens (tertiary/aromatic N) is 1. The van der Waals surface area contributed by atoms with Crippen molar-refractivity contribution in [2.45, 2.75) is 33.6 Å². The lowest BCUT2D eigenvalue weighted by Crippen LogP contribution is -2.41. The number of piperidine rings is 1. The van der Waals surface area contributed by atoms with Crippen molar-refractivity contribution in [1.29, 1.82) is 0 Å². The van der Waals surface area contributed by atoms with Gasteiger partial charge in [-0.25, -0.2) is 0 Å². The Balaban J connectivity index is 1.88. The quantitative estimate of drug-likeness (QED) is 0.849. The number of anilines is 1. The van der Waals surface area contributed by atoms with Crippen LogP contribution >= 0.6 is 0 Å². The number of para-hydroxylation sites is 1. The maximum atomic E-state index is 12.4. The van der Waals surface area contributed by atoms with Crippen molar-refractivity contribution >= 4 is 11.6 Å². The number of hydrogen-bond donors (Lipinski definition) is 2. The normalized spacial score (nSPS) is 18.5. The Morgan fingerprint density at radius 2 is 2.09 bits per heavy atom. The summed E-state index contributed by atoms with van der Waals surface area (Å²) < 4.78 is 0. The smallest absolute Gasteiger partial charge is 0.238 e. The second kappa shape index (κ2) is 8.30. The molecule has 1 aromatic rings. The number of likely N-dealkylation sites (N-methyl/N-ethyl adjacent to an activating group) is 1. The van der Waals surface area contributed by atoms with Gasteiger partial charge in [0, 0.05) is 12.2 Å². The van der Waals surface area contributed by atoms with Crippen LogP contribution in [-0.2, 0) is 4.79 Å². The van der Waals surface area contributed by atoms with Gasteiger partial charge in [0.25, 0.3) is 0 Å². The lowest BCUT2D eigenvalue weighted by Gasteiger charge is -2.29. The Morgan fingerprint density at radius 1 is 1.36 bits per heavy atom. The number of carbonyl (C=O) groups excluding carboxylic acids is 1. The topological polar surface area (TPSA) is 44.4 Å². The van der Waals surface area contributed by atoms with E-state index in [0.29, 0.717) is 12.5 Å². The van der Waals surface area contributed by atoms with Gasteiger partial charge in [-0.1, -0.05) is 25.1 Å². The van der Waals surface area contributed by atoms with Crippen LogP contribution in [0.3, 0.4) is 0 Å². The first-order valence-corrected chi connectivity index (χ1v) is 8.39. The molecule has 1 aromatic carbocycles. The van der Waals surface area contributed by atoms with E-state index in [4.69, 9.17) is 0 Å². The highest BCUT2D eigenvalue weighted by Crippen LogP contribution is 2.19. The van der Waals surface area contributed by atoms with Gasteiger partial charge in [-0.2, -0.15) is 0 Å². The number of amides is 1. The lowest BCUT2D eigenvalue weighted by atomic mass is 9.99. The number of benzene rings is 1. The predicted molar refractivity (Wildman–Crippen MR) is 92.3 cm³/mol. The maximum Gasteiger partial charge on any atom is 0.238 e. The summed E-state index contributed by atoms with van der Waals surface area (Å²) in [6, 6.07) is 6.09. The van der Waals surface area contributed by atoms with Gasteiger partial charge in [0.1, 0.15) is 0 Å². The molecule has 122 valence electrons. The summed E-state index contributed by atoms with van der Waals surface area (Å²) >= 11 is 0. The molecule has 4 nitrogen and oxygen atoms in total. The Hall–Kier alpha value is -1.39. The largest absolute Gasteiger partial charge is 0.324 e. The van der Waals surface area contributed by atoms with Gasteiger partial charge in [-0.15, -0.1) is 0 Å². The molecular weight excluding hydrogens is 274 g/mol. The summed E-state index contributed by atoms with van der Waals surface area (Å²) in [5, 5.41) is 6.53. The minimum absolute atomic E-state index is 0.0861. The summed E-state index contributed by atoms with van der Waals surface area (Å²) in [6.45, 7) is 10.8. The molecular formula is C18H29N3O. The Kier molecular flexibility index (Phi) is 6.40. The highest BCUT2D eigenvalue weighted by atomic mass is 16.2. The van der Waals surface area contributed by atoms with Crippen LogP contribution in [0.25, 0.3) is 0 Å². The van der Waals surface area contributed by atoms with Crippen molar-refractivity contribution < 1.29 is 4.79 Å². The average Bonchev–Trinajstić information content (AvgIpc) is 2.51. The molecule has 0 bridgehead atoms. The highest BCUT2D eigenvalue weighted by Gasteiger charge is 2.18. The third-order valence-electron chi connectivity index (χ3n) is 4.48. The van der Waals surface area contributed by atoms with Crippen LogP contribution < -0.4 is 10.6 Å². The van der Waals surface area contributed by atoms with E-state index in [1.165, 1.54) is 12.8 Å². The van der Waals surface area contributed by atoms with Crippen molar-refractivity contribution in [3.05, 3.63) is 29.3 Å². The van der Waals surface area contributed by atoms with Gasteiger partial charge < -0.3 is 10.6 Å². The van der Waals surface area contributed by atoms with Crippen molar-refractivity contribution in [2.75, 3.05) is 38.0 Å². The molecule has 1 fully saturated rings. The van der Waals surface area contributed by atoms with Gasteiger partial charge in [0.05, 0.1) is 6.54 Å². The van der Waals surface area contributed by atoms with E-state index in [1.54, 1.807) is 0 Å². The molecule has 1 atom stereocenters. The van der Waals surface area contributed by atoms with Crippen LogP contribution in [0.5, 0.6) is 0 Å². The minimum atomic E-state index is 0.0861. The molecule has 0 saturated carbocycles. The Bertz CT molecular complexity index is 475. The van der Waals surface area contributed by atoms with Crippen LogP contribution in [0, 0.1) is 19.8 Å². The molecule has 2 rings (SSSR count). The first-order chi connectivity index (χ1) is 10.6. The zero-order valence-corrected chi connectivity index (χ0v) is 14.1. The fourth-order valence-corrected chi connectivity index (χ4v) is 3.14. The van der Waals surface area contributed by atoms with Gasteiger partial charge in [-0.3, -0.25) is 9.69 Å². The third-order valence-corrected chi connectivity index (χ3v) is 4.48. The fraction of sp³-hybridized carbons (Fsp3) is 0.611. The third kappa shape index (κ3) is 4.82. The Labute approximate surface area is 134 Å². The zero-order valence-electron chi connectivity index (χ0n) is 14.1. The molecule has 1 amide bonds. The molecule has 1 saturated heterocycles. The molecule has 0 spiro atoms. The minimum Gasteiger partial charge on any atom is -0.324 e. The van der Waals surface area contributed by atoms with Gasteiger partial charge in [-0.05, 0) is 63.4 Å². The number of aryl methyl sites for hydroxylation is 2. The summed E-state index contributed by atoms with van der Waals surface area (Å²) in [5.74, 6) is 0.754. The molecule has 2 N–H and O–H groups in total. The van der Waals surface area contributed by atoms with Crippen LogP contribution in [0.15, 0.2) is 18.2 Å². The molecule has 1 aliphatic heterocycles. The molecule has 4 heteroatoms. The summed E-state index contributed by atoms with van der Waals surface area (Å²) in [5.41, 5.74) is 3.20. The summed E-state index contributed by atoms with van der Waals surface area (Å²) in [4.78, 5) is 14.6. The first-order valence-electron chi connectivity index (χ1n) is 8.39. The molecule has 1 aliphatic rings. The average molecular weight is 303 g/mol. The van der Waals surface area contributed by atoms with Gasteiger partial charge in [0.2, 0.25) is 5.91 Å². The SMILES string of the molecule is CCN(CC(=O)Nc1c(C)cccc1C)CC1CCCNC1. The van der Waals surface area contributed by atoms with Gasteiger partial charge >= 0.3 is 0 Å². The van der Waals surface area contributed by atoms with E-state index < -0.39 is 0 Å². The maximum absolute atomic E-state index is 12.4. The zero-order chi connectivity index (χ0) is 15.9. The molecule has 22 heavy (non-hydrogen) atoms. The molecule has 1 unspecified atom stereocenters. The van der Waals surface area contributed by atoms with E-state index in [2.05, 4.69) is 22.5 Å². The monoisotopic (exact) mass is 303 g/mol. The van der Waals surface area contributed by atoms with Crippen molar-refractivity contribution in [3.8, 4) is 0 Å². The molecule has 1 heterocycles. The number of hydrogen-bond acceptors (Lipinski definition) is 3. The standard InChI is InChI=1S/C18H29N3O/c1-4-21(12-16-9-6-10-19-11-16)13-17(22)20-18-14(2)7-5-8-15(18)3/h5,7-8,16,19H,4,6,9-13H2,1-3H3,(H,20,22). The fourth-order valence-electron chi connectivity index (χ4n) is 3.14. The van der Waals surface area contributed by atoms with E-state index >= 15 is 0 Å². The number of rotatable bonds is 6. The molecule has 0 aliphatic carbocycles. The van der Waals surface area contributed by atoms with Crippen molar-refractivity contribution in [2.24, 2.45) is 5.92 Å². The molecule has 0 radical (unpaired) electrons. The molecule has 0 aromatic heterocycles. The highest BCUT2D eigenvalue weighted by molar-refractivity contribution is 5.93. The van der Waals surface area contributed by atoms with E-state index in [0.717, 1.165) is 43.0 Å². The summed E-state index contributed by atoms with van der Waals surface area (Å²) in [7, 11) is 0.